The fourth-order valence-corrected chi connectivity index (χ4v) is 1.53. The van der Waals surface area contributed by atoms with Crippen molar-refractivity contribution >= 4 is 24.0 Å². The van der Waals surface area contributed by atoms with Crippen molar-refractivity contribution in [1.29, 1.82) is 0 Å². The molecule has 17 heavy (non-hydrogen) atoms. The largest absolute Gasteiger partial charge is 0.506 e. The first-order chi connectivity index (χ1) is 7.77. The summed E-state index contributed by atoms with van der Waals surface area (Å²) in [7, 11) is 0. The molecule has 1 heterocycles. The molecule has 1 unspecified atom stereocenters. The molecule has 1 aromatic carbocycles. The van der Waals surface area contributed by atoms with E-state index in [0.717, 1.165) is 0 Å². The van der Waals surface area contributed by atoms with Crippen LogP contribution in [0.3, 0.4) is 0 Å². The van der Waals surface area contributed by atoms with Gasteiger partial charge in [-0.05, 0) is 12.1 Å². The number of carbonyl (C=O) groups is 1. The number of carbonyl (C=O) groups excluding carboxylic acids is 1. The number of phenols is 1. The highest BCUT2D eigenvalue weighted by molar-refractivity contribution is 5.96. The van der Waals surface area contributed by atoms with Crippen molar-refractivity contribution in [1.82, 2.24) is 5.32 Å². The van der Waals surface area contributed by atoms with Gasteiger partial charge in [-0.3, -0.25) is 4.79 Å². The molecule has 0 aromatic heterocycles. The minimum Gasteiger partial charge on any atom is -0.506 e. The molecule has 1 aromatic rings. The Morgan fingerprint density at radius 1 is 1.47 bits per heavy atom. The molecule has 1 aliphatic rings. The molecule has 0 saturated carbocycles. The second-order valence-corrected chi connectivity index (χ2v) is 3.59. The van der Waals surface area contributed by atoms with Crippen LogP contribution in [0.2, 0.25) is 0 Å². The summed E-state index contributed by atoms with van der Waals surface area (Å²) in [5.41, 5.74) is 0.417. The highest BCUT2D eigenvalue weighted by Gasteiger charge is 2.21. The lowest BCUT2D eigenvalue weighted by atomic mass is 10.2. The third kappa shape index (κ3) is 3.59. The van der Waals surface area contributed by atoms with Crippen LogP contribution in [-0.2, 0) is 9.53 Å². The Balaban J connectivity index is 0.00000144. The van der Waals surface area contributed by atoms with Crippen LogP contribution in [0.4, 0.5) is 5.69 Å². The lowest BCUT2D eigenvalue weighted by Gasteiger charge is -2.23. The maximum atomic E-state index is 11.8. The minimum atomic E-state index is -0.353. The van der Waals surface area contributed by atoms with Crippen molar-refractivity contribution in [3.63, 3.8) is 0 Å². The van der Waals surface area contributed by atoms with Crippen molar-refractivity contribution in [2.24, 2.45) is 0 Å². The summed E-state index contributed by atoms with van der Waals surface area (Å²) < 4.78 is 5.19. The molecule has 6 heteroatoms. The van der Waals surface area contributed by atoms with Crippen molar-refractivity contribution in [2.45, 2.75) is 6.04 Å². The van der Waals surface area contributed by atoms with Crippen LogP contribution < -0.4 is 10.6 Å². The Kier molecular flexibility index (Phi) is 5.21. The van der Waals surface area contributed by atoms with E-state index in [0.29, 0.717) is 25.4 Å². The van der Waals surface area contributed by atoms with Gasteiger partial charge in [0.25, 0.3) is 0 Å². The van der Waals surface area contributed by atoms with Crippen LogP contribution in [-0.4, -0.2) is 36.8 Å². The first-order valence-corrected chi connectivity index (χ1v) is 5.17. The van der Waals surface area contributed by atoms with Crippen LogP contribution in [0, 0.1) is 0 Å². The van der Waals surface area contributed by atoms with Crippen molar-refractivity contribution < 1.29 is 14.6 Å². The Hall–Kier alpha value is -1.30. The number of hydrogen-bond acceptors (Lipinski definition) is 4. The summed E-state index contributed by atoms with van der Waals surface area (Å²) in [4.78, 5) is 11.8. The summed E-state index contributed by atoms with van der Waals surface area (Å²) >= 11 is 0. The number of benzene rings is 1. The van der Waals surface area contributed by atoms with Crippen LogP contribution >= 0.6 is 12.4 Å². The Morgan fingerprint density at radius 2 is 2.24 bits per heavy atom. The zero-order chi connectivity index (χ0) is 11.4. The number of halogens is 1. The maximum absolute atomic E-state index is 11.8. The van der Waals surface area contributed by atoms with Gasteiger partial charge < -0.3 is 20.5 Å². The minimum absolute atomic E-state index is 0. The Labute approximate surface area is 106 Å². The first-order valence-electron chi connectivity index (χ1n) is 5.17. The van der Waals surface area contributed by atoms with Crippen molar-refractivity contribution in [2.75, 3.05) is 25.1 Å². The predicted molar refractivity (Wildman–Crippen MR) is 66.6 cm³/mol. The molecule has 2 rings (SSSR count). The van der Waals surface area contributed by atoms with Gasteiger partial charge in [-0.15, -0.1) is 12.4 Å². The van der Waals surface area contributed by atoms with Gasteiger partial charge in [0, 0.05) is 6.54 Å². The molecule has 1 fully saturated rings. The summed E-state index contributed by atoms with van der Waals surface area (Å²) in [5, 5.41) is 15.2. The molecule has 0 spiro atoms. The van der Waals surface area contributed by atoms with Crippen LogP contribution in [0.1, 0.15) is 0 Å². The smallest absolute Gasteiger partial charge is 0.244 e. The molecule has 1 saturated heterocycles. The summed E-state index contributed by atoms with van der Waals surface area (Å²) in [6.07, 6.45) is 0. The molecular formula is C11H15ClN2O3. The number of amides is 1. The van der Waals surface area contributed by atoms with Gasteiger partial charge in [0.05, 0.1) is 18.9 Å². The third-order valence-corrected chi connectivity index (χ3v) is 2.40. The van der Waals surface area contributed by atoms with Gasteiger partial charge in [-0.1, -0.05) is 12.1 Å². The molecule has 94 valence electrons. The van der Waals surface area contributed by atoms with Crippen molar-refractivity contribution in [3.05, 3.63) is 24.3 Å². The second kappa shape index (κ2) is 6.44. The average molecular weight is 259 g/mol. The molecule has 1 aliphatic heterocycles. The lowest BCUT2D eigenvalue weighted by Crippen LogP contribution is -2.48. The zero-order valence-electron chi connectivity index (χ0n) is 9.18. The first kappa shape index (κ1) is 13.8. The molecule has 1 amide bonds. The summed E-state index contributed by atoms with van der Waals surface area (Å²) in [5.74, 6) is -0.131. The predicted octanol–water partition coefficient (Wildman–Crippen LogP) is 0.741. The zero-order valence-corrected chi connectivity index (χ0v) is 10.00. The van der Waals surface area contributed by atoms with Crippen LogP contribution in [0.25, 0.3) is 0 Å². The molecule has 0 radical (unpaired) electrons. The highest BCUT2D eigenvalue weighted by Crippen LogP contribution is 2.21. The van der Waals surface area contributed by atoms with Gasteiger partial charge in [-0.2, -0.15) is 0 Å². The number of ether oxygens (including phenoxy) is 1. The number of phenolic OH excluding ortho intramolecular Hbond substituents is 1. The van der Waals surface area contributed by atoms with Gasteiger partial charge in [-0.25, -0.2) is 0 Å². The summed E-state index contributed by atoms with van der Waals surface area (Å²) in [6.45, 7) is 1.65. The topological polar surface area (TPSA) is 70.6 Å². The van der Waals surface area contributed by atoms with Gasteiger partial charge in [0.15, 0.2) is 0 Å². The molecule has 1 atom stereocenters. The quantitative estimate of drug-likeness (QED) is 0.685. The maximum Gasteiger partial charge on any atom is 0.244 e. The number of hydrogen-bond donors (Lipinski definition) is 3. The summed E-state index contributed by atoms with van der Waals surface area (Å²) in [6, 6.07) is 6.28. The number of morpholine rings is 1. The molecular weight excluding hydrogens is 244 g/mol. The molecule has 5 nitrogen and oxygen atoms in total. The lowest BCUT2D eigenvalue weighted by molar-refractivity contribution is -0.120. The average Bonchev–Trinajstić information content (AvgIpc) is 2.33. The van der Waals surface area contributed by atoms with E-state index in [2.05, 4.69) is 10.6 Å². The number of rotatable bonds is 2. The van der Waals surface area contributed by atoms with E-state index in [4.69, 9.17) is 4.74 Å². The Morgan fingerprint density at radius 3 is 2.88 bits per heavy atom. The van der Waals surface area contributed by atoms with Crippen molar-refractivity contribution in [3.8, 4) is 5.75 Å². The fraction of sp³-hybridized carbons (Fsp3) is 0.364. The number of nitrogens with one attached hydrogen (secondary N) is 2. The molecule has 0 bridgehead atoms. The van der Waals surface area contributed by atoms with Gasteiger partial charge in [0.2, 0.25) is 5.91 Å². The van der Waals surface area contributed by atoms with E-state index < -0.39 is 0 Å². The van der Waals surface area contributed by atoms with Gasteiger partial charge in [0.1, 0.15) is 11.8 Å². The number of para-hydroxylation sites is 2. The Bertz CT molecular complexity index is 381. The van der Waals surface area contributed by atoms with Gasteiger partial charge >= 0.3 is 0 Å². The fourth-order valence-electron chi connectivity index (χ4n) is 1.53. The van der Waals surface area contributed by atoms with Crippen LogP contribution in [0.5, 0.6) is 5.75 Å². The third-order valence-electron chi connectivity index (χ3n) is 2.40. The van der Waals surface area contributed by atoms with E-state index in [-0.39, 0.29) is 30.1 Å². The van der Waals surface area contributed by atoms with E-state index in [9.17, 15) is 9.90 Å². The van der Waals surface area contributed by atoms with E-state index >= 15 is 0 Å². The standard InChI is InChI=1S/C11H14N2O3.ClH/c14-10-4-2-1-3-8(10)13-11(15)9-7-16-6-5-12-9;/h1-4,9,12,14H,5-7H2,(H,13,15);1H. The monoisotopic (exact) mass is 258 g/mol. The second-order valence-electron chi connectivity index (χ2n) is 3.59. The van der Waals surface area contributed by atoms with E-state index in [1.165, 1.54) is 6.07 Å². The van der Waals surface area contributed by atoms with Crippen LogP contribution in [0.15, 0.2) is 24.3 Å². The normalized spacial score (nSPS) is 19.2. The molecule has 0 aliphatic carbocycles. The van der Waals surface area contributed by atoms with E-state index in [1.54, 1.807) is 18.2 Å². The number of aromatic hydroxyl groups is 1. The number of anilines is 1. The SMILES string of the molecule is Cl.O=C(Nc1ccccc1O)C1COCCN1. The highest BCUT2D eigenvalue weighted by atomic mass is 35.5. The van der Waals surface area contributed by atoms with E-state index in [1.807, 2.05) is 0 Å². The molecule has 3 N–H and O–H groups in total.